The zero-order chi connectivity index (χ0) is 10.5. The molecule has 1 rings (SSSR count). The predicted octanol–water partition coefficient (Wildman–Crippen LogP) is 2.78. The van der Waals surface area contributed by atoms with Gasteiger partial charge in [-0.15, -0.1) is 0 Å². The third kappa shape index (κ3) is 3.74. The van der Waals surface area contributed by atoms with Gasteiger partial charge in [-0.2, -0.15) is 0 Å². The van der Waals surface area contributed by atoms with Gasteiger partial charge in [0.2, 0.25) is 0 Å². The number of halogens is 2. The maximum Gasteiger partial charge on any atom is 0.264 e. The Bertz CT molecular complexity index is 362. The molecule has 0 aliphatic rings. The van der Waals surface area contributed by atoms with Crippen molar-refractivity contribution in [2.45, 2.75) is 18.7 Å². The summed E-state index contributed by atoms with van der Waals surface area (Å²) in [4.78, 5) is -0.485. The van der Waals surface area contributed by atoms with Crippen molar-refractivity contribution in [1.29, 1.82) is 0 Å². The smallest absolute Gasteiger partial charge is 0.207 e. The van der Waals surface area contributed by atoms with Crippen molar-refractivity contribution >= 4 is 19.7 Å². The first kappa shape index (κ1) is 12.4. The van der Waals surface area contributed by atoms with Gasteiger partial charge in [-0.1, -0.05) is 26.0 Å². The largest absolute Gasteiger partial charge is 0.264 e. The third-order valence-corrected chi connectivity index (χ3v) is 2.45. The molecule has 0 atom stereocenters. The molecule has 1 aromatic carbocycles. The van der Waals surface area contributed by atoms with Gasteiger partial charge in [-0.05, 0) is 12.1 Å². The molecule has 0 saturated heterocycles. The van der Waals surface area contributed by atoms with Crippen LogP contribution in [0, 0.1) is 5.82 Å². The first-order valence-corrected chi connectivity index (χ1v) is 6.02. The summed E-state index contributed by atoms with van der Waals surface area (Å²) in [7, 11) is 0.960. The Morgan fingerprint density at radius 1 is 1.23 bits per heavy atom. The second kappa shape index (κ2) is 5.19. The standard InChI is InChI=1S/C6H4ClFO2S.C2H6/c7-11(9,10)6-4-2-1-3-5(6)8;1-2/h1-4H;1-2H3. The average Bonchev–Trinajstić information content (AvgIpc) is 2.07. The van der Waals surface area contributed by atoms with Crippen LogP contribution in [0.5, 0.6) is 0 Å². The minimum Gasteiger partial charge on any atom is -0.207 e. The van der Waals surface area contributed by atoms with E-state index in [0.717, 1.165) is 12.1 Å². The van der Waals surface area contributed by atoms with E-state index >= 15 is 0 Å². The van der Waals surface area contributed by atoms with Gasteiger partial charge in [0.15, 0.2) is 0 Å². The van der Waals surface area contributed by atoms with Gasteiger partial charge < -0.3 is 0 Å². The van der Waals surface area contributed by atoms with Gasteiger partial charge in [0, 0.05) is 10.7 Å². The quantitative estimate of drug-likeness (QED) is 0.688. The van der Waals surface area contributed by atoms with E-state index in [1.165, 1.54) is 12.1 Å². The first-order valence-electron chi connectivity index (χ1n) is 3.71. The number of hydrogen-bond acceptors (Lipinski definition) is 2. The SMILES string of the molecule is CC.O=S(=O)(Cl)c1ccccc1F. The van der Waals surface area contributed by atoms with Crippen molar-refractivity contribution in [2.24, 2.45) is 0 Å². The van der Waals surface area contributed by atoms with Crippen LogP contribution in [0.4, 0.5) is 4.39 Å². The van der Waals surface area contributed by atoms with E-state index in [2.05, 4.69) is 0 Å². The zero-order valence-electron chi connectivity index (χ0n) is 7.29. The summed E-state index contributed by atoms with van der Waals surface area (Å²) in [6.45, 7) is 4.00. The Kier molecular flexibility index (Phi) is 4.95. The van der Waals surface area contributed by atoms with E-state index in [1.54, 1.807) is 0 Å². The van der Waals surface area contributed by atoms with Crippen LogP contribution in [-0.4, -0.2) is 8.42 Å². The molecule has 0 fully saturated rings. The van der Waals surface area contributed by atoms with Gasteiger partial charge in [0.25, 0.3) is 9.05 Å². The highest BCUT2D eigenvalue weighted by molar-refractivity contribution is 8.13. The fraction of sp³-hybridized carbons (Fsp3) is 0.250. The topological polar surface area (TPSA) is 34.1 Å². The molecule has 0 spiro atoms. The Morgan fingerprint density at radius 3 is 2.00 bits per heavy atom. The zero-order valence-corrected chi connectivity index (χ0v) is 8.86. The van der Waals surface area contributed by atoms with Crippen LogP contribution in [0.2, 0.25) is 0 Å². The number of hydrogen-bond donors (Lipinski definition) is 0. The lowest BCUT2D eigenvalue weighted by molar-refractivity contribution is 0.575. The maximum atomic E-state index is 12.6. The minimum atomic E-state index is -3.94. The van der Waals surface area contributed by atoms with Crippen molar-refractivity contribution in [3.05, 3.63) is 30.1 Å². The van der Waals surface area contributed by atoms with Crippen molar-refractivity contribution in [1.82, 2.24) is 0 Å². The van der Waals surface area contributed by atoms with Crippen LogP contribution < -0.4 is 0 Å². The summed E-state index contributed by atoms with van der Waals surface area (Å²) in [6, 6.07) is 4.94. The Morgan fingerprint density at radius 2 is 1.69 bits per heavy atom. The van der Waals surface area contributed by atoms with Crippen LogP contribution in [0.1, 0.15) is 13.8 Å². The molecule has 0 saturated carbocycles. The molecule has 2 nitrogen and oxygen atoms in total. The molecule has 74 valence electrons. The monoisotopic (exact) mass is 224 g/mol. The van der Waals surface area contributed by atoms with Crippen LogP contribution >= 0.6 is 10.7 Å². The van der Waals surface area contributed by atoms with Gasteiger partial charge in [0.1, 0.15) is 10.7 Å². The van der Waals surface area contributed by atoms with Crippen LogP contribution in [-0.2, 0) is 9.05 Å². The van der Waals surface area contributed by atoms with Gasteiger partial charge >= 0.3 is 0 Å². The molecule has 0 aromatic heterocycles. The molecular weight excluding hydrogens is 215 g/mol. The molecule has 0 aliphatic heterocycles. The molecular formula is C8H10ClFO2S. The third-order valence-electron chi connectivity index (χ3n) is 1.10. The van der Waals surface area contributed by atoms with E-state index in [0.29, 0.717) is 0 Å². The lowest BCUT2D eigenvalue weighted by atomic mass is 10.4. The Balaban J connectivity index is 0.000000671. The molecule has 5 heteroatoms. The van der Waals surface area contributed by atoms with Crippen molar-refractivity contribution in [3.63, 3.8) is 0 Å². The summed E-state index contributed by atoms with van der Waals surface area (Å²) in [5.74, 6) is -0.831. The normalized spacial score (nSPS) is 10.2. The molecule has 0 heterocycles. The van der Waals surface area contributed by atoms with E-state index < -0.39 is 19.8 Å². The molecule has 1 aromatic rings. The summed E-state index contributed by atoms with van der Waals surface area (Å²) in [5.41, 5.74) is 0. The maximum absolute atomic E-state index is 12.6. The number of rotatable bonds is 1. The van der Waals surface area contributed by atoms with E-state index in [-0.39, 0.29) is 0 Å². The van der Waals surface area contributed by atoms with E-state index in [1.807, 2.05) is 13.8 Å². The molecule has 0 unspecified atom stereocenters. The van der Waals surface area contributed by atoms with Gasteiger partial charge in [-0.3, -0.25) is 0 Å². The van der Waals surface area contributed by atoms with E-state index in [9.17, 15) is 12.8 Å². The second-order valence-electron chi connectivity index (χ2n) is 1.87. The summed E-state index contributed by atoms with van der Waals surface area (Å²) in [6.07, 6.45) is 0. The molecule has 13 heavy (non-hydrogen) atoms. The molecule has 0 radical (unpaired) electrons. The lowest BCUT2D eigenvalue weighted by Crippen LogP contribution is -1.93. The minimum absolute atomic E-state index is 0.485. The average molecular weight is 225 g/mol. The molecule has 0 aliphatic carbocycles. The van der Waals surface area contributed by atoms with Crippen LogP contribution in [0.15, 0.2) is 29.2 Å². The summed E-state index contributed by atoms with van der Waals surface area (Å²) in [5, 5.41) is 0. The fourth-order valence-electron chi connectivity index (χ4n) is 0.642. The number of benzene rings is 1. The lowest BCUT2D eigenvalue weighted by Gasteiger charge is -1.95. The molecule has 0 bridgehead atoms. The Hall–Kier alpha value is -0.610. The van der Waals surface area contributed by atoms with Crippen LogP contribution in [0.25, 0.3) is 0 Å². The highest BCUT2D eigenvalue weighted by Crippen LogP contribution is 2.17. The highest BCUT2D eigenvalue weighted by Gasteiger charge is 2.13. The van der Waals surface area contributed by atoms with Crippen LogP contribution in [0.3, 0.4) is 0 Å². The van der Waals surface area contributed by atoms with Crippen molar-refractivity contribution in [2.75, 3.05) is 0 Å². The van der Waals surface area contributed by atoms with Crippen molar-refractivity contribution in [3.8, 4) is 0 Å². The fourth-order valence-corrected chi connectivity index (χ4v) is 1.56. The second-order valence-corrected chi connectivity index (χ2v) is 4.40. The van der Waals surface area contributed by atoms with Gasteiger partial charge in [-0.25, -0.2) is 12.8 Å². The van der Waals surface area contributed by atoms with Crippen molar-refractivity contribution < 1.29 is 12.8 Å². The summed E-state index contributed by atoms with van der Waals surface area (Å²) >= 11 is 0. The first-order chi connectivity index (χ1) is 6.02. The van der Waals surface area contributed by atoms with Gasteiger partial charge in [0.05, 0.1) is 0 Å². The molecule has 0 N–H and O–H groups in total. The van der Waals surface area contributed by atoms with E-state index in [4.69, 9.17) is 10.7 Å². The highest BCUT2D eigenvalue weighted by atomic mass is 35.7. The molecule has 0 amide bonds. The summed E-state index contributed by atoms with van der Waals surface area (Å²) < 4.78 is 33.8. The predicted molar refractivity (Wildman–Crippen MR) is 50.8 cm³/mol. The Labute approximate surface area is 81.8 Å².